The second-order valence-corrected chi connectivity index (χ2v) is 9.47. The van der Waals surface area contributed by atoms with Crippen LogP contribution in [0.5, 0.6) is 0 Å². The molecule has 0 aromatic heterocycles. The Bertz CT molecular complexity index is 482. The molecule has 1 unspecified atom stereocenters. The molecule has 5 heteroatoms. The first-order valence-electron chi connectivity index (χ1n) is 11.5. The highest BCUT2D eigenvalue weighted by Gasteiger charge is 2.39. The lowest BCUT2D eigenvalue weighted by atomic mass is 9.92. The molecule has 0 radical (unpaired) electrons. The van der Waals surface area contributed by atoms with Crippen LogP contribution in [0.1, 0.15) is 96.8 Å². The summed E-state index contributed by atoms with van der Waals surface area (Å²) in [5, 5.41) is 21.5. The largest absolute Gasteiger partial charge is 0.550 e. The average Bonchev–Trinajstić information content (AvgIpc) is 2.59. The van der Waals surface area contributed by atoms with Gasteiger partial charge in [0.1, 0.15) is 6.54 Å². The van der Waals surface area contributed by atoms with Crippen LogP contribution in [0, 0.1) is 0 Å². The zero-order valence-corrected chi connectivity index (χ0v) is 19.4. The van der Waals surface area contributed by atoms with Gasteiger partial charge in [0, 0.05) is 12.4 Å². The number of unbranched alkanes of at least 4 members (excludes halogenated alkanes) is 12. The quantitative estimate of drug-likeness (QED) is 0.199. The van der Waals surface area contributed by atoms with Crippen molar-refractivity contribution in [1.29, 1.82) is 0 Å². The van der Waals surface area contributed by atoms with Crippen LogP contribution in [0.15, 0.2) is 12.2 Å². The number of aliphatic carboxylic acids is 1. The smallest absolute Gasteiger partial charge is 0.193 e. The lowest BCUT2D eigenvalue weighted by Crippen LogP contribution is -2.55. The molecule has 0 fully saturated rings. The zero-order valence-electron chi connectivity index (χ0n) is 19.4. The summed E-state index contributed by atoms with van der Waals surface area (Å²) in [6, 6.07) is 0. The van der Waals surface area contributed by atoms with Crippen molar-refractivity contribution < 1.29 is 24.3 Å². The molecule has 0 amide bonds. The maximum Gasteiger partial charge on any atom is 0.193 e. The first-order valence-corrected chi connectivity index (χ1v) is 11.5. The van der Waals surface area contributed by atoms with Gasteiger partial charge in [-0.25, -0.2) is 0 Å². The highest BCUT2D eigenvalue weighted by Crippen LogP contribution is 2.17. The van der Waals surface area contributed by atoms with Gasteiger partial charge >= 0.3 is 0 Å². The van der Waals surface area contributed by atoms with Crippen molar-refractivity contribution in [2.45, 2.75) is 102 Å². The fraction of sp³-hybridized carbons (Fsp3) is 0.833. The Labute approximate surface area is 178 Å². The Morgan fingerprint density at radius 2 is 1.31 bits per heavy atom. The molecule has 0 aromatic rings. The molecule has 0 aliphatic heterocycles. The molecular weight excluding hydrogens is 366 g/mol. The number of carboxylic acid groups (broad SMARTS) is 1. The summed E-state index contributed by atoms with van der Waals surface area (Å²) in [7, 11) is 5.43. The molecule has 0 aliphatic rings. The number of carbonyl (C=O) groups is 2. The molecule has 0 bridgehead atoms. The summed E-state index contributed by atoms with van der Waals surface area (Å²) >= 11 is 0. The minimum Gasteiger partial charge on any atom is -0.550 e. The Morgan fingerprint density at radius 1 is 0.862 bits per heavy atom. The van der Waals surface area contributed by atoms with Gasteiger partial charge in [0.15, 0.2) is 11.4 Å². The van der Waals surface area contributed by atoms with Gasteiger partial charge in [-0.2, -0.15) is 0 Å². The molecule has 5 nitrogen and oxygen atoms in total. The summed E-state index contributed by atoms with van der Waals surface area (Å²) in [5.41, 5.74) is -1.91. The van der Waals surface area contributed by atoms with E-state index in [1.165, 1.54) is 70.3 Å². The van der Waals surface area contributed by atoms with E-state index >= 15 is 0 Å². The predicted molar refractivity (Wildman–Crippen MR) is 117 cm³/mol. The van der Waals surface area contributed by atoms with E-state index in [0.29, 0.717) is 4.48 Å². The van der Waals surface area contributed by atoms with Crippen LogP contribution in [-0.4, -0.2) is 54.6 Å². The number of likely N-dealkylation sites (N-methyl/N-ethyl adjacent to an activating group) is 1. The van der Waals surface area contributed by atoms with E-state index in [9.17, 15) is 19.8 Å². The van der Waals surface area contributed by atoms with E-state index < -0.39 is 23.8 Å². The van der Waals surface area contributed by atoms with E-state index in [4.69, 9.17) is 0 Å². The number of hydrogen-bond donors (Lipinski definition) is 1. The third-order valence-electron chi connectivity index (χ3n) is 5.12. The standard InChI is InChI=1S/C24H45NO4/c1-5-6-7-8-9-10-11-12-13-14-15-16-17-18-19-22(26)24(29,20-23(27)28)21-25(2,3)4/h18-19,29H,5-17,20-21H2,1-4H3. The third-order valence-corrected chi connectivity index (χ3v) is 5.12. The number of ketones is 1. The Kier molecular flexibility index (Phi) is 15.0. The minimum atomic E-state index is -1.91. The Morgan fingerprint density at radius 3 is 1.72 bits per heavy atom. The van der Waals surface area contributed by atoms with Crippen LogP contribution < -0.4 is 5.11 Å². The molecule has 0 aromatic carbocycles. The molecule has 0 spiro atoms. The minimum absolute atomic E-state index is 0.0305. The van der Waals surface area contributed by atoms with Crippen molar-refractivity contribution in [3.05, 3.63) is 12.2 Å². The van der Waals surface area contributed by atoms with Gasteiger partial charge in [-0.05, 0) is 18.9 Å². The van der Waals surface area contributed by atoms with E-state index in [0.717, 1.165) is 19.3 Å². The number of carbonyl (C=O) groups excluding carboxylic acids is 2. The number of hydrogen-bond acceptors (Lipinski definition) is 4. The lowest BCUT2D eigenvalue weighted by Gasteiger charge is -2.34. The fourth-order valence-electron chi connectivity index (χ4n) is 3.69. The second-order valence-electron chi connectivity index (χ2n) is 9.47. The van der Waals surface area contributed by atoms with Crippen molar-refractivity contribution in [2.24, 2.45) is 0 Å². The Balaban J connectivity index is 3.94. The van der Waals surface area contributed by atoms with E-state index in [2.05, 4.69) is 6.92 Å². The molecule has 0 heterocycles. The van der Waals surface area contributed by atoms with Crippen molar-refractivity contribution in [3.63, 3.8) is 0 Å². The molecule has 0 rings (SSSR count). The van der Waals surface area contributed by atoms with Gasteiger partial charge in [0.2, 0.25) is 0 Å². The maximum atomic E-state index is 12.4. The molecule has 0 saturated carbocycles. The topological polar surface area (TPSA) is 77.4 Å². The van der Waals surface area contributed by atoms with Crippen LogP contribution in [-0.2, 0) is 9.59 Å². The van der Waals surface area contributed by atoms with Crippen LogP contribution in [0.2, 0.25) is 0 Å². The van der Waals surface area contributed by atoms with Crippen LogP contribution in [0.25, 0.3) is 0 Å². The van der Waals surface area contributed by atoms with Gasteiger partial charge < -0.3 is 19.5 Å². The molecule has 1 atom stereocenters. The van der Waals surface area contributed by atoms with Crippen LogP contribution in [0.3, 0.4) is 0 Å². The van der Waals surface area contributed by atoms with Gasteiger partial charge in [-0.1, -0.05) is 83.6 Å². The highest BCUT2D eigenvalue weighted by molar-refractivity contribution is 5.99. The van der Waals surface area contributed by atoms with Crippen LogP contribution in [0.4, 0.5) is 0 Å². The fourth-order valence-corrected chi connectivity index (χ4v) is 3.69. The molecule has 1 N–H and O–H groups in total. The zero-order chi connectivity index (χ0) is 22.2. The summed E-state index contributed by atoms with van der Waals surface area (Å²) in [6.07, 6.45) is 18.6. The number of aliphatic hydroxyl groups is 1. The Hall–Kier alpha value is -1.20. The monoisotopic (exact) mass is 411 g/mol. The van der Waals surface area contributed by atoms with Crippen molar-refractivity contribution >= 4 is 11.8 Å². The molecular formula is C24H45NO4. The lowest BCUT2D eigenvalue weighted by molar-refractivity contribution is -0.875. The number of carboxylic acids is 1. The van der Waals surface area contributed by atoms with E-state index in [-0.39, 0.29) is 6.54 Å². The summed E-state index contributed by atoms with van der Waals surface area (Å²) in [6.45, 7) is 2.28. The van der Waals surface area contributed by atoms with E-state index in [1.807, 2.05) is 21.1 Å². The van der Waals surface area contributed by atoms with Gasteiger partial charge in [-0.3, -0.25) is 4.79 Å². The SMILES string of the molecule is CCCCCCCCCCCCCCC=CC(=O)C(O)(CC(=O)[O-])C[N+](C)(C)C. The molecule has 0 saturated heterocycles. The first-order chi connectivity index (χ1) is 13.6. The van der Waals surface area contributed by atoms with Gasteiger partial charge in [0.05, 0.1) is 21.1 Å². The van der Waals surface area contributed by atoms with Crippen molar-refractivity contribution in [3.8, 4) is 0 Å². The molecule has 0 aliphatic carbocycles. The highest BCUT2D eigenvalue weighted by atomic mass is 16.4. The maximum absolute atomic E-state index is 12.4. The number of quaternary nitrogens is 1. The van der Waals surface area contributed by atoms with Gasteiger partial charge in [-0.15, -0.1) is 0 Å². The first kappa shape index (κ1) is 27.8. The summed E-state index contributed by atoms with van der Waals surface area (Å²) in [4.78, 5) is 23.3. The normalized spacial score (nSPS) is 14.2. The number of allylic oxidation sites excluding steroid dienone is 1. The van der Waals surface area contributed by atoms with Crippen LogP contribution >= 0.6 is 0 Å². The second kappa shape index (κ2) is 15.6. The number of nitrogens with zero attached hydrogens (tertiary/aromatic N) is 1. The van der Waals surface area contributed by atoms with Crippen molar-refractivity contribution in [2.75, 3.05) is 27.7 Å². The predicted octanol–water partition coefficient (Wildman–Crippen LogP) is 3.78. The number of rotatable bonds is 19. The van der Waals surface area contributed by atoms with Crippen molar-refractivity contribution in [1.82, 2.24) is 0 Å². The molecule has 29 heavy (non-hydrogen) atoms. The summed E-state index contributed by atoms with van der Waals surface area (Å²) in [5.74, 6) is -1.96. The average molecular weight is 412 g/mol. The molecule has 170 valence electrons. The van der Waals surface area contributed by atoms with Gasteiger partial charge in [0.25, 0.3) is 0 Å². The van der Waals surface area contributed by atoms with E-state index in [1.54, 1.807) is 6.08 Å². The third kappa shape index (κ3) is 16.3. The summed E-state index contributed by atoms with van der Waals surface area (Å²) < 4.78 is 0.294.